The van der Waals surface area contributed by atoms with Gasteiger partial charge in [0.1, 0.15) is 5.82 Å². The van der Waals surface area contributed by atoms with Gasteiger partial charge in [0, 0.05) is 19.1 Å². The van der Waals surface area contributed by atoms with Gasteiger partial charge in [-0.15, -0.1) is 0 Å². The van der Waals surface area contributed by atoms with E-state index < -0.39 is 11.7 Å². The molecule has 1 aromatic rings. The van der Waals surface area contributed by atoms with Gasteiger partial charge in [0.2, 0.25) is 5.91 Å². The molecular weight excluding hydrogens is 365 g/mol. The van der Waals surface area contributed by atoms with Crippen LogP contribution in [0.5, 0.6) is 0 Å². The number of carbonyl (C=O) groups excluding carboxylic acids is 3. The molecule has 0 atom stereocenters. The molecule has 1 aliphatic rings. The summed E-state index contributed by atoms with van der Waals surface area (Å²) >= 11 is 5.81. The number of hydrogen-bond donors (Lipinski definition) is 2. The van der Waals surface area contributed by atoms with Crippen molar-refractivity contribution in [3.63, 3.8) is 0 Å². The van der Waals surface area contributed by atoms with Crippen molar-refractivity contribution in [1.29, 1.82) is 0 Å². The van der Waals surface area contributed by atoms with E-state index in [0.29, 0.717) is 32.5 Å². The largest absolute Gasteiger partial charge is 0.450 e. The molecule has 2 N–H and O–H groups in total. The molecule has 1 saturated heterocycles. The molecule has 1 fully saturated rings. The Kier molecular flexibility index (Phi) is 7.20. The fourth-order valence-corrected chi connectivity index (χ4v) is 2.91. The molecule has 0 unspecified atom stereocenters. The first-order valence-electron chi connectivity index (χ1n) is 8.35. The number of nitrogens with one attached hydrogen (secondary N) is 2. The minimum absolute atomic E-state index is 0.0192. The van der Waals surface area contributed by atoms with E-state index in [2.05, 4.69) is 10.6 Å². The molecule has 0 radical (unpaired) electrons. The summed E-state index contributed by atoms with van der Waals surface area (Å²) in [6, 6.07) is 3.82. The summed E-state index contributed by atoms with van der Waals surface area (Å²) in [5.41, 5.74) is -0.287. The van der Waals surface area contributed by atoms with Crippen LogP contribution >= 0.6 is 11.6 Å². The Bertz CT molecular complexity index is 658. The van der Waals surface area contributed by atoms with E-state index in [-0.39, 0.29) is 35.2 Å². The van der Waals surface area contributed by atoms with Crippen LogP contribution in [0.3, 0.4) is 0 Å². The van der Waals surface area contributed by atoms with E-state index in [0.717, 1.165) is 6.07 Å². The maximum Gasteiger partial charge on any atom is 0.409 e. The Balaban J connectivity index is 1.76. The van der Waals surface area contributed by atoms with E-state index in [1.165, 1.54) is 12.1 Å². The summed E-state index contributed by atoms with van der Waals surface area (Å²) in [4.78, 5) is 37.2. The molecule has 0 spiro atoms. The highest BCUT2D eigenvalue weighted by Crippen LogP contribution is 2.18. The highest BCUT2D eigenvalue weighted by Gasteiger charge is 2.24. The van der Waals surface area contributed by atoms with Crippen molar-refractivity contribution in [2.45, 2.75) is 25.8 Å². The van der Waals surface area contributed by atoms with Crippen molar-refractivity contribution in [3.05, 3.63) is 34.6 Å². The minimum Gasteiger partial charge on any atom is -0.450 e. The molecule has 0 bridgehead atoms. The lowest BCUT2D eigenvalue weighted by Gasteiger charge is -2.31. The Hall–Kier alpha value is -2.35. The zero-order valence-electron chi connectivity index (χ0n) is 14.4. The fraction of sp³-hybridized carbons (Fsp3) is 0.471. The lowest BCUT2D eigenvalue weighted by molar-refractivity contribution is -0.121. The van der Waals surface area contributed by atoms with Crippen molar-refractivity contribution in [2.24, 2.45) is 0 Å². The standard InChI is InChI=1S/C17H21ClFN3O4/c1-2-26-17(25)22-8-6-11(7-9-22)21-14(23)10-20-16(24)15-12(18)4-3-5-13(15)19/h3-5,11H,2,6-10H2,1H3,(H,20,24)(H,21,23). The molecule has 142 valence electrons. The van der Waals surface area contributed by atoms with E-state index >= 15 is 0 Å². The monoisotopic (exact) mass is 385 g/mol. The van der Waals surface area contributed by atoms with Gasteiger partial charge < -0.3 is 20.3 Å². The first-order chi connectivity index (χ1) is 12.4. The molecule has 0 saturated carbocycles. The van der Waals surface area contributed by atoms with Crippen molar-refractivity contribution in [2.75, 3.05) is 26.2 Å². The number of piperidine rings is 1. The summed E-state index contributed by atoms with van der Waals surface area (Å²) in [5.74, 6) is -1.89. The molecule has 3 amide bonds. The summed E-state index contributed by atoms with van der Waals surface area (Å²) in [6.45, 7) is 2.75. The van der Waals surface area contributed by atoms with Gasteiger partial charge in [-0.25, -0.2) is 9.18 Å². The van der Waals surface area contributed by atoms with Crippen molar-refractivity contribution < 1.29 is 23.5 Å². The Morgan fingerprint density at radius 2 is 2.00 bits per heavy atom. The van der Waals surface area contributed by atoms with E-state index in [9.17, 15) is 18.8 Å². The van der Waals surface area contributed by atoms with Crippen LogP contribution in [0.4, 0.5) is 9.18 Å². The zero-order valence-corrected chi connectivity index (χ0v) is 15.1. The van der Waals surface area contributed by atoms with Gasteiger partial charge in [-0.2, -0.15) is 0 Å². The molecule has 1 heterocycles. The number of benzene rings is 1. The summed E-state index contributed by atoms with van der Waals surface area (Å²) < 4.78 is 18.6. The van der Waals surface area contributed by atoms with Crippen LogP contribution in [0.15, 0.2) is 18.2 Å². The van der Waals surface area contributed by atoms with Gasteiger partial charge in [-0.1, -0.05) is 17.7 Å². The van der Waals surface area contributed by atoms with Crippen LogP contribution in [0.1, 0.15) is 30.1 Å². The quantitative estimate of drug-likeness (QED) is 0.810. The first-order valence-corrected chi connectivity index (χ1v) is 8.73. The van der Waals surface area contributed by atoms with Gasteiger partial charge in [0.25, 0.3) is 5.91 Å². The lowest BCUT2D eigenvalue weighted by Crippen LogP contribution is -2.48. The Morgan fingerprint density at radius 1 is 1.31 bits per heavy atom. The average molecular weight is 386 g/mol. The fourth-order valence-electron chi connectivity index (χ4n) is 2.66. The van der Waals surface area contributed by atoms with Crippen molar-refractivity contribution >= 4 is 29.5 Å². The predicted octanol–water partition coefficient (Wildman–Crippen LogP) is 1.95. The zero-order chi connectivity index (χ0) is 19.1. The second kappa shape index (κ2) is 9.38. The van der Waals surface area contributed by atoms with Gasteiger partial charge in [0.05, 0.1) is 23.7 Å². The van der Waals surface area contributed by atoms with Gasteiger partial charge in [-0.05, 0) is 31.9 Å². The van der Waals surface area contributed by atoms with Crippen LogP contribution in [0.25, 0.3) is 0 Å². The number of ether oxygens (including phenoxy) is 1. The topological polar surface area (TPSA) is 87.7 Å². The summed E-state index contributed by atoms with van der Waals surface area (Å²) in [6.07, 6.45) is 0.834. The number of hydrogen-bond acceptors (Lipinski definition) is 4. The highest BCUT2D eigenvalue weighted by molar-refractivity contribution is 6.33. The number of carbonyl (C=O) groups is 3. The van der Waals surface area contributed by atoms with Crippen molar-refractivity contribution in [1.82, 2.24) is 15.5 Å². The van der Waals surface area contributed by atoms with Crippen LogP contribution in [-0.2, 0) is 9.53 Å². The van der Waals surface area contributed by atoms with Gasteiger partial charge in [0.15, 0.2) is 0 Å². The molecule has 2 rings (SSSR count). The highest BCUT2D eigenvalue weighted by atomic mass is 35.5. The van der Waals surface area contributed by atoms with Crippen molar-refractivity contribution in [3.8, 4) is 0 Å². The van der Waals surface area contributed by atoms with E-state index in [1.807, 2.05) is 0 Å². The Morgan fingerprint density at radius 3 is 2.62 bits per heavy atom. The molecule has 7 nitrogen and oxygen atoms in total. The second-order valence-electron chi connectivity index (χ2n) is 5.81. The SMILES string of the molecule is CCOC(=O)N1CCC(NC(=O)CNC(=O)c2c(F)cccc2Cl)CC1. The average Bonchev–Trinajstić information content (AvgIpc) is 2.60. The third-order valence-electron chi connectivity index (χ3n) is 3.99. The number of amides is 3. The third-order valence-corrected chi connectivity index (χ3v) is 4.30. The number of likely N-dealkylation sites (tertiary alicyclic amines) is 1. The van der Waals surface area contributed by atoms with Crippen LogP contribution in [0.2, 0.25) is 5.02 Å². The minimum atomic E-state index is -0.750. The van der Waals surface area contributed by atoms with Crippen LogP contribution in [-0.4, -0.2) is 55.1 Å². The molecule has 0 aliphatic carbocycles. The van der Waals surface area contributed by atoms with Gasteiger partial charge in [-0.3, -0.25) is 9.59 Å². The van der Waals surface area contributed by atoms with E-state index in [4.69, 9.17) is 16.3 Å². The second-order valence-corrected chi connectivity index (χ2v) is 6.21. The molecule has 1 aliphatic heterocycles. The molecule has 9 heteroatoms. The smallest absolute Gasteiger partial charge is 0.409 e. The van der Waals surface area contributed by atoms with Crippen LogP contribution in [0, 0.1) is 5.82 Å². The number of halogens is 2. The molecular formula is C17H21ClFN3O4. The molecule has 1 aromatic carbocycles. The summed E-state index contributed by atoms with van der Waals surface area (Å²) in [5, 5.41) is 5.12. The number of nitrogens with zero attached hydrogens (tertiary/aromatic N) is 1. The molecule has 26 heavy (non-hydrogen) atoms. The molecule has 0 aromatic heterocycles. The predicted molar refractivity (Wildman–Crippen MR) is 93.5 cm³/mol. The maximum absolute atomic E-state index is 13.7. The third kappa shape index (κ3) is 5.32. The van der Waals surface area contributed by atoms with E-state index in [1.54, 1.807) is 11.8 Å². The normalized spacial score (nSPS) is 14.7. The van der Waals surface area contributed by atoms with Crippen LogP contribution < -0.4 is 10.6 Å². The summed E-state index contributed by atoms with van der Waals surface area (Å²) in [7, 11) is 0. The van der Waals surface area contributed by atoms with Gasteiger partial charge >= 0.3 is 6.09 Å². The maximum atomic E-state index is 13.7. The number of rotatable bonds is 5. The Labute approximate surface area is 155 Å². The first kappa shape index (κ1) is 20.0. The lowest BCUT2D eigenvalue weighted by atomic mass is 10.1.